The molecule has 8 nitrogen and oxygen atoms in total. The van der Waals surface area contributed by atoms with Crippen LogP contribution in [0.1, 0.15) is 6.42 Å². The Labute approximate surface area is 180 Å². The molecular weight excluding hydrogens is 413 g/mol. The largest absolute Gasteiger partial charge is 0.490 e. The van der Waals surface area contributed by atoms with Gasteiger partial charge in [0.1, 0.15) is 5.82 Å². The van der Waals surface area contributed by atoms with Crippen LogP contribution in [-0.4, -0.2) is 37.4 Å². The van der Waals surface area contributed by atoms with Crippen LogP contribution < -0.4 is 15.0 Å². The van der Waals surface area contributed by atoms with Gasteiger partial charge in [0, 0.05) is 30.1 Å². The van der Waals surface area contributed by atoms with Crippen molar-refractivity contribution in [3.8, 4) is 28.6 Å². The fourth-order valence-electron chi connectivity index (χ4n) is 3.75. The van der Waals surface area contributed by atoms with Gasteiger partial charge in [0.15, 0.2) is 17.3 Å². The molecule has 0 radical (unpaired) electrons. The van der Waals surface area contributed by atoms with Crippen molar-refractivity contribution >= 4 is 16.7 Å². The van der Waals surface area contributed by atoms with E-state index in [1.807, 2.05) is 18.2 Å². The van der Waals surface area contributed by atoms with E-state index >= 15 is 0 Å². The Bertz CT molecular complexity index is 1540. The van der Waals surface area contributed by atoms with E-state index in [4.69, 9.17) is 9.47 Å². The van der Waals surface area contributed by atoms with E-state index in [0.717, 1.165) is 12.0 Å². The molecule has 0 bridgehead atoms. The molecule has 0 N–H and O–H groups in total. The van der Waals surface area contributed by atoms with Crippen molar-refractivity contribution in [2.75, 3.05) is 13.2 Å². The van der Waals surface area contributed by atoms with Crippen molar-refractivity contribution in [2.45, 2.75) is 6.42 Å². The van der Waals surface area contributed by atoms with Gasteiger partial charge in [0.05, 0.1) is 24.1 Å². The molecular formula is C23H16FN5O3. The van der Waals surface area contributed by atoms with Gasteiger partial charge in [0.2, 0.25) is 0 Å². The molecule has 6 rings (SSSR count). The number of rotatable bonds is 2. The molecule has 32 heavy (non-hydrogen) atoms. The van der Waals surface area contributed by atoms with Gasteiger partial charge in [-0.1, -0.05) is 0 Å². The summed E-state index contributed by atoms with van der Waals surface area (Å²) in [5, 5.41) is 4.96. The van der Waals surface area contributed by atoms with Crippen molar-refractivity contribution in [1.29, 1.82) is 0 Å². The Balaban J connectivity index is 1.47. The van der Waals surface area contributed by atoms with Crippen molar-refractivity contribution < 1.29 is 13.9 Å². The zero-order chi connectivity index (χ0) is 21.7. The molecule has 0 atom stereocenters. The Hall–Kier alpha value is -4.27. The topological polar surface area (TPSA) is 83.5 Å². The Morgan fingerprint density at radius 1 is 0.969 bits per heavy atom. The molecule has 4 heterocycles. The summed E-state index contributed by atoms with van der Waals surface area (Å²) < 4.78 is 27.7. The maximum Gasteiger partial charge on any atom is 0.266 e. The third kappa shape index (κ3) is 2.97. The zero-order valence-corrected chi connectivity index (χ0v) is 16.7. The van der Waals surface area contributed by atoms with E-state index in [-0.39, 0.29) is 11.4 Å². The van der Waals surface area contributed by atoms with Gasteiger partial charge in [-0.3, -0.25) is 9.36 Å². The summed E-state index contributed by atoms with van der Waals surface area (Å²) in [6.45, 7) is 1.20. The molecule has 158 valence electrons. The molecule has 0 saturated heterocycles. The summed E-state index contributed by atoms with van der Waals surface area (Å²) in [7, 11) is 0. The number of fused-ring (bicyclic) bond motifs is 4. The molecule has 5 aromatic rings. The second-order valence-corrected chi connectivity index (χ2v) is 7.38. The first-order valence-corrected chi connectivity index (χ1v) is 10.1. The van der Waals surface area contributed by atoms with Gasteiger partial charge in [-0.2, -0.15) is 9.50 Å². The van der Waals surface area contributed by atoms with Gasteiger partial charge in [-0.05, 0) is 48.5 Å². The summed E-state index contributed by atoms with van der Waals surface area (Å²) in [6, 6.07) is 13.0. The Kier molecular flexibility index (Phi) is 4.14. The van der Waals surface area contributed by atoms with Crippen LogP contribution in [0.15, 0.2) is 65.7 Å². The number of ether oxygens (including phenoxy) is 2. The molecule has 0 amide bonds. The first kappa shape index (κ1) is 18.5. The maximum absolute atomic E-state index is 13.3. The predicted octanol–water partition coefficient (Wildman–Crippen LogP) is 3.40. The fourth-order valence-corrected chi connectivity index (χ4v) is 3.75. The molecule has 2 aromatic carbocycles. The molecule has 1 aliphatic heterocycles. The minimum atomic E-state index is -0.365. The average molecular weight is 429 g/mol. The van der Waals surface area contributed by atoms with E-state index in [0.29, 0.717) is 52.9 Å². The highest BCUT2D eigenvalue weighted by atomic mass is 19.1. The minimum absolute atomic E-state index is 0.281. The monoisotopic (exact) mass is 429 g/mol. The number of halogens is 1. The second kappa shape index (κ2) is 7.16. The molecule has 0 saturated carbocycles. The van der Waals surface area contributed by atoms with Crippen LogP contribution in [0.25, 0.3) is 33.8 Å². The van der Waals surface area contributed by atoms with Crippen LogP contribution in [0, 0.1) is 5.82 Å². The number of benzene rings is 2. The summed E-state index contributed by atoms with van der Waals surface area (Å²) in [5.74, 6) is 1.82. The molecule has 3 aromatic heterocycles. The normalized spacial score (nSPS) is 13.4. The standard InChI is InChI=1S/C23H16FN5O3/c24-15-3-5-16(6-4-15)28-9-8-18-17(22(28)30)13-25-23-26-21(27-29(18)23)14-2-7-19-20(12-14)32-11-1-10-31-19/h2-9,12-13H,1,10-11H2. The predicted molar refractivity (Wildman–Crippen MR) is 115 cm³/mol. The molecule has 0 unspecified atom stereocenters. The van der Waals surface area contributed by atoms with E-state index in [1.165, 1.54) is 22.9 Å². The van der Waals surface area contributed by atoms with E-state index in [1.54, 1.807) is 28.9 Å². The summed E-state index contributed by atoms with van der Waals surface area (Å²) in [5.41, 5.74) is 1.61. The number of pyridine rings is 1. The number of hydrogen-bond acceptors (Lipinski definition) is 6. The molecule has 0 aliphatic carbocycles. The lowest BCUT2D eigenvalue weighted by Gasteiger charge is -2.07. The number of nitrogens with zero attached hydrogens (tertiary/aromatic N) is 5. The van der Waals surface area contributed by atoms with Crippen molar-refractivity contribution in [3.05, 3.63) is 77.1 Å². The lowest BCUT2D eigenvalue weighted by Crippen LogP contribution is -2.18. The quantitative estimate of drug-likeness (QED) is 0.428. The summed E-state index contributed by atoms with van der Waals surface area (Å²) in [6.07, 6.45) is 3.94. The van der Waals surface area contributed by atoms with Crippen LogP contribution in [0.5, 0.6) is 11.5 Å². The number of hydrogen-bond donors (Lipinski definition) is 0. The van der Waals surface area contributed by atoms with Crippen LogP contribution in [-0.2, 0) is 0 Å². The van der Waals surface area contributed by atoms with Crippen molar-refractivity contribution in [2.24, 2.45) is 0 Å². The Morgan fingerprint density at radius 2 is 1.78 bits per heavy atom. The third-order valence-corrected chi connectivity index (χ3v) is 5.34. The van der Waals surface area contributed by atoms with Crippen LogP contribution >= 0.6 is 0 Å². The van der Waals surface area contributed by atoms with Crippen molar-refractivity contribution in [3.63, 3.8) is 0 Å². The van der Waals surface area contributed by atoms with Crippen LogP contribution in [0.4, 0.5) is 4.39 Å². The third-order valence-electron chi connectivity index (χ3n) is 5.34. The van der Waals surface area contributed by atoms with Gasteiger partial charge >= 0.3 is 0 Å². The molecule has 9 heteroatoms. The fraction of sp³-hybridized carbons (Fsp3) is 0.130. The molecule has 0 fully saturated rings. The smallest absolute Gasteiger partial charge is 0.266 e. The van der Waals surface area contributed by atoms with E-state index in [9.17, 15) is 9.18 Å². The number of aromatic nitrogens is 5. The first-order valence-electron chi connectivity index (χ1n) is 10.1. The van der Waals surface area contributed by atoms with Crippen LogP contribution in [0.3, 0.4) is 0 Å². The second-order valence-electron chi connectivity index (χ2n) is 7.38. The van der Waals surface area contributed by atoms with Gasteiger partial charge in [0.25, 0.3) is 11.3 Å². The highest BCUT2D eigenvalue weighted by Gasteiger charge is 2.16. The van der Waals surface area contributed by atoms with Gasteiger partial charge in [-0.15, -0.1) is 5.10 Å². The Morgan fingerprint density at radius 3 is 2.62 bits per heavy atom. The highest BCUT2D eigenvalue weighted by Crippen LogP contribution is 2.33. The van der Waals surface area contributed by atoms with E-state index in [2.05, 4.69) is 15.1 Å². The molecule has 1 aliphatic rings. The lowest BCUT2D eigenvalue weighted by molar-refractivity contribution is 0.297. The first-order chi connectivity index (χ1) is 15.7. The zero-order valence-electron chi connectivity index (χ0n) is 16.7. The summed E-state index contributed by atoms with van der Waals surface area (Å²) in [4.78, 5) is 21.9. The van der Waals surface area contributed by atoms with Gasteiger partial charge < -0.3 is 9.47 Å². The highest BCUT2D eigenvalue weighted by molar-refractivity contribution is 5.79. The van der Waals surface area contributed by atoms with Gasteiger partial charge in [-0.25, -0.2) is 9.37 Å². The summed E-state index contributed by atoms with van der Waals surface area (Å²) >= 11 is 0. The minimum Gasteiger partial charge on any atom is -0.490 e. The maximum atomic E-state index is 13.3. The van der Waals surface area contributed by atoms with E-state index < -0.39 is 0 Å². The average Bonchev–Trinajstić information content (AvgIpc) is 3.12. The lowest BCUT2D eigenvalue weighted by atomic mass is 10.2. The van der Waals surface area contributed by atoms with Crippen LogP contribution in [0.2, 0.25) is 0 Å². The SMILES string of the molecule is O=c1c2cnc3nc(-c4ccc5c(c4)OCCCO5)nn3c2ccn1-c1ccc(F)cc1. The molecule has 0 spiro atoms. The van der Waals surface area contributed by atoms with Crippen molar-refractivity contribution in [1.82, 2.24) is 24.1 Å².